The van der Waals surface area contributed by atoms with Gasteiger partial charge in [-0.3, -0.25) is 4.79 Å². The van der Waals surface area contributed by atoms with Crippen LogP contribution in [0.5, 0.6) is 5.75 Å². The van der Waals surface area contributed by atoms with Crippen LogP contribution in [0.4, 0.5) is 10.2 Å². The molecule has 2 rings (SSSR count). The molecule has 1 aromatic heterocycles. The minimum Gasteiger partial charge on any atom is -0.494 e. The smallest absolute Gasteiger partial charge is 0.280 e. The molecule has 20 heavy (non-hydrogen) atoms. The molecule has 7 nitrogen and oxygen atoms in total. The van der Waals surface area contributed by atoms with Crippen molar-refractivity contribution in [1.82, 2.24) is 15.2 Å². The van der Waals surface area contributed by atoms with Gasteiger partial charge < -0.3 is 15.4 Å². The van der Waals surface area contributed by atoms with Crippen LogP contribution >= 0.6 is 0 Å². The van der Waals surface area contributed by atoms with E-state index in [1.807, 2.05) is 0 Å². The zero-order valence-corrected chi connectivity index (χ0v) is 11.0. The average molecular weight is 280 g/mol. The number of nitrogens with two attached hydrogens (primary N) is 1. The van der Waals surface area contributed by atoms with E-state index in [-0.39, 0.29) is 23.8 Å². The van der Waals surface area contributed by atoms with Crippen molar-refractivity contribution in [2.75, 3.05) is 19.9 Å². The van der Waals surface area contributed by atoms with Gasteiger partial charge in [0, 0.05) is 13.6 Å². The number of nitrogens with zero attached hydrogens (tertiary/aromatic N) is 3. The number of aromatic nitrogens is 2. The van der Waals surface area contributed by atoms with Crippen LogP contribution in [0.15, 0.2) is 22.8 Å². The van der Waals surface area contributed by atoms with Gasteiger partial charge in [0.05, 0.1) is 7.11 Å². The molecule has 0 saturated carbocycles. The predicted octanol–water partition coefficient (Wildman–Crippen LogP) is 1.07. The summed E-state index contributed by atoms with van der Waals surface area (Å²) in [7, 11) is 2.92. The van der Waals surface area contributed by atoms with E-state index in [0.29, 0.717) is 5.56 Å². The van der Waals surface area contributed by atoms with E-state index >= 15 is 0 Å². The molecule has 0 aliphatic rings. The predicted molar refractivity (Wildman–Crippen MR) is 67.5 cm³/mol. The van der Waals surface area contributed by atoms with E-state index in [1.165, 1.54) is 24.1 Å². The van der Waals surface area contributed by atoms with Crippen molar-refractivity contribution in [3.05, 3.63) is 35.3 Å². The lowest BCUT2D eigenvalue weighted by Gasteiger charge is -2.16. The van der Waals surface area contributed by atoms with Gasteiger partial charge in [0.2, 0.25) is 11.5 Å². The summed E-state index contributed by atoms with van der Waals surface area (Å²) in [5, 5.41) is 6.76. The highest BCUT2D eigenvalue weighted by Crippen LogP contribution is 2.19. The van der Waals surface area contributed by atoms with Crippen LogP contribution < -0.4 is 10.5 Å². The summed E-state index contributed by atoms with van der Waals surface area (Å²) >= 11 is 0. The summed E-state index contributed by atoms with van der Waals surface area (Å²) in [6.45, 7) is 0.187. The van der Waals surface area contributed by atoms with E-state index in [0.717, 1.165) is 0 Å². The lowest BCUT2D eigenvalue weighted by molar-refractivity contribution is 0.0774. The zero-order valence-electron chi connectivity index (χ0n) is 11.0. The number of halogens is 1. The Morgan fingerprint density at radius 2 is 2.25 bits per heavy atom. The lowest BCUT2D eigenvalue weighted by Crippen LogP contribution is -2.27. The Hall–Kier alpha value is -2.64. The summed E-state index contributed by atoms with van der Waals surface area (Å²) in [4.78, 5) is 13.3. The molecule has 0 saturated heterocycles. The topological polar surface area (TPSA) is 94.5 Å². The second-order valence-corrected chi connectivity index (χ2v) is 4.13. The first-order valence-corrected chi connectivity index (χ1v) is 5.69. The van der Waals surface area contributed by atoms with Gasteiger partial charge in [-0.25, -0.2) is 9.02 Å². The number of carbonyl (C=O) groups is 1. The highest BCUT2D eigenvalue weighted by molar-refractivity contribution is 5.95. The third-order valence-corrected chi connectivity index (χ3v) is 2.70. The minimum atomic E-state index is -0.492. The van der Waals surface area contributed by atoms with E-state index in [2.05, 4.69) is 14.9 Å². The molecule has 1 aromatic carbocycles. The van der Waals surface area contributed by atoms with Crippen molar-refractivity contribution in [3.8, 4) is 5.75 Å². The molecule has 0 spiro atoms. The molecule has 0 fully saturated rings. The highest BCUT2D eigenvalue weighted by atomic mass is 19.1. The maximum atomic E-state index is 13.6. The minimum absolute atomic E-state index is 0.0681. The number of nitrogen functional groups attached to an aromatic ring is 1. The van der Waals surface area contributed by atoms with Crippen LogP contribution in [-0.4, -0.2) is 35.3 Å². The fourth-order valence-electron chi connectivity index (χ4n) is 1.68. The summed E-state index contributed by atoms with van der Waals surface area (Å²) in [6, 6.07) is 4.46. The third kappa shape index (κ3) is 2.68. The number of benzene rings is 1. The number of hydrogen-bond acceptors (Lipinski definition) is 6. The zero-order chi connectivity index (χ0) is 14.7. The molecule has 106 valence electrons. The Morgan fingerprint density at radius 1 is 1.50 bits per heavy atom. The van der Waals surface area contributed by atoms with Crippen molar-refractivity contribution < 1.29 is 18.6 Å². The molecule has 1 heterocycles. The van der Waals surface area contributed by atoms with Gasteiger partial charge in [0.1, 0.15) is 0 Å². The summed E-state index contributed by atoms with van der Waals surface area (Å²) in [5.41, 5.74) is 5.98. The summed E-state index contributed by atoms with van der Waals surface area (Å²) < 4.78 is 22.7. The fraction of sp³-hybridized carbons (Fsp3) is 0.250. The van der Waals surface area contributed by atoms with Gasteiger partial charge in [-0.2, -0.15) is 0 Å². The van der Waals surface area contributed by atoms with Crippen LogP contribution in [0.2, 0.25) is 0 Å². The molecule has 0 bridgehead atoms. The maximum Gasteiger partial charge on any atom is 0.280 e. The number of carbonyl (C=O) groups excluding carboxylic acids is 1. The average Bonchev–Trinajstić information content (AvgIpc) is 2.84. The largest absolute Gasteiger partial charge is 0.494 e. The third-order valence-electron chi connectivity index (χ3n) is 2.70. The Labute approximate surface area is 114 Å². The number of ether oxygens (including phenoxy) is 1. The quantitative estimate of drug-likeness (QED) is 0.900. The first-order valence-electron chi connectivity index (χ1n) is 5.69. The Bertz CT molecular complexity index is 629. The lowest BCUT2D eigenvalue weighted by atomic mass is 10.2. The molecule has 2 aromatic rings. The molecule has 0 radical (unpaired) electrons. The molecule has 0 unspecified atom stereocenters. The SMILES string of the molecule is COc1ccc(CN(C)C(=O)c2nonc2N)cc1F. The van der Waals surface area contributed by atoms with Crippen molar-refractivity contribution in [2.24, 2.45) is 0 Å². The molecule has 1 amide bonds. The van der Waals surface area contributed by atoms with E-state index in [4.69, 9.17) is 10.5 Å². The van der Waals surface area contributed by atoms with Crippen molar-refractivity contribution in [3.63, 3.8) is 0 Å². The van der Waals surface area contributed by atoms with Crippen LogP contribution in [0.25, 0.3) is 0 Å². The van der Waals surface area contributed by atoms with Crippen LogP contribution in [-0.2, 0) is 6.54 Å². The first kappa shape index (κ1) is 13.8. The molecule has 2 N–H and O–H groups in total. The van der Waals surface area contributed by atoms with E-state index < -0.39 is 11.7 Å². The van der Waals surface area contributed by atoms with Gasteiger partial charge in [0.25, 0.3) is 5.91 Å². The van der Waals surface area contributed by atoms with Gasteiger partial charge in [-0.05, 0) is 28.0 Å². The molecule has 0 aliphatic heterocycles. The monoisotopic (exact) mass is 280 g/mol. The van der Waals surface area contributed by atoms with E-state index in [9.17, 15) is 9.18 Å². The highest BCUT2D eigenvalue weighted by Gasteiger charge is 2.20. The second kappa shape index (κ2) is 5.55. The summed E-state index contributed by atoms with van der Waals surface area (Å²) in [5.74, 6) is -0.885. The number of methoxy groups -OCH3 is 1. The van der Waals surface area contributed by atoms with Crippen LogP contribution in [0, 0.1) is 5.82 Å². The summed E-state index contributed by atoms with van der Waals surface area (Å²) in [6.07, 6.45) is 0. The normalized spacial score (nSPS) is 10.3. The standard InChI is InChI=1S/C12H13FN4O3/c1-17(12(18)10-11(14)16-20-15-10)6-7-3-4-9(19-2)8(13)5-7/h3-5H,6H2,1-2H3,(H2,14,16). The van der Waals surface area contributed by atoms with Crippen molar-refractivity contribution in [1.29, 1.82) is 0 Å². The number of amides is 1. The number of hydrogen-bond donors (Lipinski definition) is 1. The molecule has 0 atom stereocenters. The second-order valence-electron chi connectivity index (χ2n) is 4.13. The van der Waals surface area contributed by atoms with E-state index in [1.54, 1.807) is 13.1 Å². The van der Waals surface area contributed by atoms with Gasteiger partial charge >= 0.3 is 0 Å². The molecular formula is C12H13FN4O3. The van der Waals surface area contributed by atoms with Crippen LogP contribution in [0.3, 0.4) is 0 Å². The van der Waals surface area contributed by atoms with Crippen molar-refractivity contribution >= 4 is 11.7 Å². The molecular weight excluding hydrogens is 267 g/mol. The van der Waals surface area contributed by atoms with Crippen molar-refractivity contribution in [2.45, 2.75) is 6.54 Å². The first-order chi connectivity index (χ1) is 9.52. The van der Waals surface area contributed by atoms with Gasteiger partial charge in [0.15, 0.2) is 11.6 Å². The number of rotatable bonds is 4. The fourth-order valence-corrected chi connectivity index (χ4v) is 1.68. The van der Waals surface area contributed by atoms with Gasteiger partial charge in [-0.15, -0.1) is 0 Å². The molecule has 0 aliphatic carbocycles. The Morgan fingerprint density at radius 3 is 2.80 bits per heavy atom. The Kier molecular flexibility index (Phi) is 3.83. The van der Waals surface area contributed by atoms with Crippen LogP contribution in [0.1, 0.15) is 16.1 Å². The van der Waals surface area contributed by atoms with Gasteiger partial charge in [-0.1, -0.05) is 6.07 Å². The number of anilines is 1. The maximum absolute atomic E-state index is 13.6. The Balaban J connectivity index is 2.12. The molecule has 8 heteroatoms.